The Morgan fingerprint density at radius 2 is 1.08 bits per heavy atom. The average Bonchev–Trinajstić information content (AvgIpc) is 3.29. The Kier molecular flexibility index (Phi) is 7.27. The fourth-order valence-corrected chi connectivity index (χ4v) is 6.90. The summed E-state index contributed by atoms with van der Waals surface area (Å²) in [6.45, 7) is 0. The molecule has 0 amide bonds. The standard InChI is InChI=1S/C16H18O6S4/c17-13(15-3-1-7-23-15)5-9-25(19,20)11-12-26(21,22)10-6-14(18)16-4-2-8-24-16/h1-4,7-8H,5-6,9-12H2. The molecule has 0 aliphatic rings. The maximum Gasteiger partial charge on any atom is 0.173 e. The van der Waals surface area contributed by atoms with Crippen LogP contribution >= 0.6 is 22.7 Å². The molecule has 0 N–H and O–H groups in total. The Bertz CT molecular complexity index is 858. The number of ketones is 2. The van der Waals surface area contributed by atoms with Crippen molar-refractivity contribution in [1.82, 2.24) is 0 Å². The van der Waals surface area contributed by atoms with E-state index >= 15 is 0 Å². The number of sulfone groups is 2. The maximum absolute atomic E-state index is 12.0. The summed E-state index contributed by atoms with van der Waals surface area (Å²) in [4.78, 5) is 24.6. The third kappa shape index (κ3) is 6.75. The summed E-state index contributed by atoms with van der Waals surface area (Å²) in [5.74, 6) is -2.39. The molecule has 0 aromatic carbocycles. The zero-order chi connectivity index (χ0) is 19.2. The van der Waals surface area contributed by atoms with Crippen molar-refractivity contribution in [2.75, 3.05) is 23.0 Å². The van der Waals surface area contributed by atoms with Gasteiger partial charge in [0.1, 0.15) is 0 Å². The lowest BCUT2D eigenvalue weighted by Crippen LogP contribution is -2.23. The van der Waals surface area contributed by atoms with E-state index in [2.05, 4.69) is 0 Å². The van der Waals surface area contributed by atoms with Gasteiger partial charge in [-0.1, -0.05) is 12.1 Å². The highest BCUT2D eigenvalue weighted by molar-refractivity contribution is 7.95. The molecule has 2 aromatic heterocycles. The molecule has 0 unspecified atom stereocenters. The van der Waals surface area contributed by atoms with Crippen LogP contribution < -0.4 is 0 Å². The third-order valence-electron chi connectivity index (χ3n) is 3.58. The molecule has 0 aliphatic heterocycles. The van der Waals surface area contributed by atoms with Gasteiger partial charge in [-0.2, -0.15) is 0 Å². The molecular weight excluding hydrogens is 416 g/mol. The van der Waals surface area contributed by atoms with Crippen LogP contribution in [-0.4, -0.2) is 51.4 Å². The largest absolute Gasteiger partial charge is 0.293 e. The van der Waals surface area contributed by atoms with Crippen LogP contribution in [0, 0.1) is 0 Å². The maximum atomic E-state index is 12.0. The number of carbonyl (C=O) groups is 2. The van der Waals surface area contributed by atoms with Crippen molar-refractivity contribution in [1.29, 1.82) is 0 Å². The van der Waals surface area contributed by atoms with Crippen molar-refractivity contribution in [2.45, 2.75) is 12.8 Å². The predicted molar refractivity (Wildman–Crippen MR) is 104 cm³/mol. The van der Waals surface area contributed by atoms with Gasteiger partial charge in [-0.3, -0.25) is 9.59 Å². The molecule has 0 bridgehead atoms. The highest BCUT2D eigenvalue weighted by Gasteiger charge is 2.21. The van der Waals surface area contributed by atoms with E-state index in [9.17, 15) is 26.4 Å². The molecule has 0 saturated carbocycles. The average molecular weight is 435 g/mol. The number of Topliss-reactive ketones (excluding diaryl/α,β-unsaturated/α-hetero) is 2. The second kappa shape index (κ2) is 9.03. The fourth-order valence-electron chi connectivity index (χ4n) is 2.08. The molecule has 0 radical (unpaired) electrons. The third-order valence-corrected chi connectivity index (χ3v) is 8.96. The van der Waals surface area contributed by atoms with Crippen molar-refractivity contribution in [3.8, 4) is 0 Å². The van der Waals surface area contributed by atoms with Crippen molar-refractivity contribution < 1.29 is 26.4 Å². The lowest BCUT2D eigenvalue weighted by Gasteiger charge is -2.05. The molecular formula is C16H18O6S4. The van der Waals surface area contributed by atoms with Crippen LogP contribution in [0.4, 0.5) is 0 Å². The minimum Gasteiger partial charge on any atom is -0.293 e. The van der Waals surface area contributed by atoms with E-state index in [1.807, 2.05) is 0 Å². The zero-order valence-corrected chi connectivity index (χ0v) is 17.1. The summed E-state index contributed by atoms with van der Waals surface area (Å²) in [6.07, 6.45) is -0.334. The van der Waals surface area contributed by atoms with Gasteiger partial charge in [0, 0.05) is 12.8 Å². The lowest BCUT2D eigenvalue weighted by atomic mass is 10.3. The highest BCUT2D eigenvalue weighted by Crippen LogP contribution is 2.13. The molecule has 10 heteroatoms. The first-order valence-corrected chi connectivity index (χ1v) is 13.1. The molecule has 0 spiro atoms. The first-order chi connectivity index (χ1) is 12.2. The van der Waals surface area contributed by atoms with E-state index in [0.717, 1.165) is 0 Å². The Labute approximate surface area is 160 Å². The van der Waals surface area contributed by atoms with Gasteiger partial charge in [0.05, 0.1) is 32.8 Å². The van der Waals surface area contributed by atoms with Gasteiger partial charge in [0.15, 0.2) is 31.2 Å². The fraction of sp³-hybridized carbons (Fsp3) is 0.375. The summed E-state index contributed by atoms with van der Waals surface area (Å²) in [7, 11) is -7.32. The van der Waals surface area contributed by atoms with E-state index in [0.29, 0.717) is 9.75 Å². The molecule has 142 valence electrons. The van der Waals surface area contributed by atoms with Crippen molar-refractivity contribution in [3.05, 3.63) is 44.8 Å². The van der Waals surface area contributed by atoms with Crippen LogP contribution in [0.15, 0.2) is 35.0 Å². The first kappa shape index (κ1) is 20.9. The van der Waals surface area contributed by atoms with Crippen LogP contribution in [0.5, 0.6) is 0 Å². The van der Waals surface area contributed by atoms with Crippen molar-refractivity contribution in [2.24, 2.45) is 0 Å². The summed E-state index contributed by atoms with van der Waals surface area (Å²) in [5, 5.41) is 3.46. The second-order valence-corrected chi connectivity index (χ2v) is 12.1. The minimum atomic E-state index is -3.66. The van der Waals surface area contributed by atoms with Gasteiger partial charge < -0.3 is 0 Å². The first-order valence-electron chi connectivity index (χ1n) is 7.73. The van der Waals surface area contributed by atoms with Gasteiger partial charge in [0.25, 0.3) is 0 Å². The predicted octanol–water partition coefficient (Wildman–Crippen LogP) is 2.49. The summed E-state index contributed by atoms with van der Waals surface area (Å²) < 4.78 is 48.0. The monoisotopic (exact) mass is 434 g/mol. The van der Waals surface area contributed by atoms with Crippen molar-refractivity contribution in [3.63, 3.8) is 0 Å². The topological polar surface area (TPSA) is 102 Å². The van der Waals surface area contributed by atoms with Crippen LogP contribution in [0.25, 0.3) is 0 Å². The zero-order valence-electron chi connectivity index (χ0n) is 13.8. The molecule has 6 nitrogen and oxygen atoms in total. The molecule has 0 saturated heterocycles. The number of carbonyl (C=O) groups excluding carboxylic acids is 2. The Morgan fingerprint density at radius 3 is 1.38 bits per heavy atom. The Balaban J connectivity index is 1.79. The summed E-state index contributed by atoms with van der Waals surface area (Å²) in [6, 6.07) is 6.65. The molecule has 26 heavy (non-hydrogen) atoms. The Morgan fingerprint density at radius 1 is 0.692 bits per heavy atom. The van der Waals surface area contributed by atoms with Crippen LogP contribution in [0.2, 0.25) is 0 Å². The van der Waals surface area contributed by atoms with E-state index in [4.69, 9.17) is 0 Å². The highest BCUT2D eigenvalue weighted by atomic mass is 32.2. The number of thiophene rings is 2. The van der Waals surface area contributed by atoms with E-state index in [1.165, 1.54) is 22.7 Å². The molecule has 0 fully saturated rings. The Hall–Kier alpha value is -1.36. The van der Waals surface area contributed by atoms with E-state index in [1.54, 1.807) is 35.0 Å². The van der Waals surface area contributed by atoms with E-state index < -0.39 is 31.2 Å². The quantitative estimate of drug-likeness (QED) is 0.504. The van der Waals surface area contributed by atoms with Gasteiger partial charge in [-0.25, -0.2) is 16.8 Å². The molecule has 0 atom stereocenters. The van der Waals surface area contributed by atoms with Gasteiger partial charge in [-0.05, 0) is 22.9 Å². The SMILES string of the molecule is O=C(CCS(=O)(=O)CCS(=O)(=O)CCC(=O)c1cccs1)c1cccs1. The molecule has 2 aromatic rings. The molecule has 0 aliphatic carbocycles. The summed E-state index contributed by atoms with van der Waals surface area (Å²) >= 11 is 2.47. The van der Waals surface area contributed by atoms with Crippen LogP contribution in [-0.2, 0) is 19.7 Å². The van der Waals surface area contributed by atoms with E-state index in [-0.39, 0.29) is 35.9 Å². The normalized spacial score (nSPS) is 12.2. The van der Waals surface area contributed by atoms with Crippen molar-refractivity contribution >= 4 is 53.9 Å². The molecule has 2 rings (SSSR count). The molecule has 2 heterocycles. The van der Waals surface area contributed by atoms with Gasteiger partial charge in [0.2, 0.25) is 0 Å². The smallest absolute Gasteiger partial charge is 0.173 e. The number of hydrogen-bond acceptors (Lipinski definition) is 8. The number of rotatable bonds is 11. The second-order valence-electron chi connectivity index (χ2n) is 5.60. The summed E-state index contributed by atoms with van der Waals surface area (Å²) in [5.41, 5.74) is 0. The van der Waals surface area contributed by atoms with Gasteiger partial charge in [-0.15, -0.1) is 22.7 Å². The number of hydrogen-bond donors (Lipinski definition) is 0. The minimum absolute atomic E-state index is 0.167. The van der Waals surface area contributed by atoms with Gasteiger partial charge >= 0.3 is 0 Å². The van der Waals surface area contributed by atoms with Crippen LogP contribution in [0.1, 0.15) is 32.2 Å². The van der Waals surface area contributed by atoms with Crippen LogP contribution in [0.3, 0.4) is 0 Å². The lowest BCUT2D eigenvalue weighted by molar-refractivity contribution is 0.0984.